The van der Waals surface area contributed by atoms with Gasteiger partial charge in [0, 0.05) is 30.4 Å². The van der Waals surface area contributed by atoms with E-state index in [0.717, 1.165) is 44.9 Å². The third-order valence-corrected chi connectivity index (χ3v) is 10.7. The van der Waals surface area contributed by atoms with Crippen LogP contribution in [-0.2, 0) is 19.1 Å². The normalized spacial score (nSPS) is 48.6. The van der Waals surface area contributed by atoms with Gasteiger partial charge in [0.15, 0.2) is 10.9 Å². The van der Waals surface area contributed by atoms with E-state index in [9.17, 15) is 14.4 Å². The second-order valence-electron chi connectivity index (χ2n) is 10.7. The fraction of sp³-hybridized carbons (Fsp3) is 0.792. The van der Waals surface area contributed by atoms with Crippen LogP contribution in [0.3, 0.4) is 0 Å². The lowest BCUT2D eigenvalue weighted by atomic mass is 9.46. The van der Waals surface area contributed by atoms with Gasteiger partial charge in [0.25, 0.3) is 0 Å². The molecule has 5 rings (SSSR count). The predicted octanol–water partition coefficient (Wildman–Crippen LogP) is 4.85. The van der Waals surface area contributed by atoms with E-state index in [1.165, 1.54) is 17.3 Å². The van der Waals surface area contributed by atoms with Crippen LogP contribution in [0.25, 0.3) is 0 Å². The second-order valence-corrected chi connectivity index (χ2v) is 12.1. The summed E-state index contributed by atoms with van der Waals surface area (Å²) >= 11 is 1.50. The topological polar surface area (TPSA) is 60.4 Å². The smallest absolute Gasteiger partial charge is 0.306 e. The minimum Gasteiger partial charge on any atom is -0.458 e. The molecule has 0 radical (unpaired) electrons. The zero-order chi connectivity index (χ0) is 20.6. The zero-order valence-electron chi connectivity index (χ0n) is 17.8. The summed E-state index contributed by atoms with van der Waals surface area (Å²) in [6.07, 6.45) is 10.0. The van der Waals surface area contributed by atoms with Gasteiger partial charge in [-0.1, -0.05) is 31.2 Å². The van der Waals surface area contributed by atoms with Gasteiger partial charge in [-0.3, -0.25) is 14.4 Å². The first kappa shape index (κ1) is 19.8. The minimum atomic E-state index is -0.287. The Kier molecular flexibility index (Phi) is 4.41. The number of carbonyl (C=O) groups is 3. The van der Waals surface area contributed by atoms with Gasteiger partial charge >= 0.3 is 5.97 Å². The fourth-order valence-electron chi connectivity index (χ4n) is 8.13. The van der Waals surface area contributed by atoms with Crippen LogP contribution in [0, 0.1) is 28.6 Å². The van der Waals surface area contributed by atoms with E-state index in [4.69, 9.17) is 4.74 Å². The molecule has 0 bridgehead atoms. The molecular weight excluding hydrogens is 384 g/mol. The Morgan fingerprint density at radius 3 is 2.52 bits per heavy atom. The number of carbonyl (C=O) groups excluding carboxylic acids is 3. The number of hydrogen-bond acceptors (Lipinski definition) is 5. The van der Waals surface area contributed by atoms with E-state index in [-0.39, 0.29) is 38.5 Å². The molecule has 0 aromatic carbocycles. The highest BCUT2D eigenvalue weighted by Gasteiger charge is 2.68. The maximum Gasteiger partial charge on any atom is 0.306 e. The Balaban J connectivity index is 1.56. The molecule has 0 N–H and O–H groups in total. The highest BCUT2D eigenvalue weighted by molar-refractivity contribution is 8.14. The molecular formula is C24H32O4S. The first-order valence-electron chi connectivity index (χ1n) is 11.3. The number of allylic oxidation sites excluding steroid dienone is 1. The average Bonchev–Trinajstić information content (AvgIpc) is 3.17. The summed E-state index contributed by atoms with van der Waals surface area (Å²) in [4.78, 5) is 36.4. The number of ether oxygens (including phenoxy) is 1. The Bertz CT molecular complexity index is 818. The number of esters is 1. The van der Waals surface area contributed by atoms with Crippen LogP contribution in [0.15, 0.2) is 11.6 Å². The summed E-state index contributed by atoms with van der Waals surface area (Å²) in [7, 11) is 0. The molecule has 1 spiro atoms. The Morgan fingerprint density at radius 2 is 1.83 bits per heavy atom. The highest BCUT2D eigenvalue weighted by atomic mass is 32.2. The zero-order valence-corrected chi connectivity index (χ0v) is 18.6. The summed E-state index contributed by atoms with van der Waals surface area (Å²) in [5, 5.41) is 0.409. The molecule has 5 heteroatoms. The van der Waals surface area contributed by atoms with Crippen LogP contribution in [0.5, 0.6) is 0 Å². The van der Waals surface area contributed by atoms with Crippen LogP contribution in [0.1, 0.15) is 78.6 Å². The minimum absolute atomic E-state index is 0.0119. The van der Waals surface area contributed by atoms with Gasteiger partial charge in [-0.2, -0.15) is 0 Å². The molecule has 4 fully saturated rings. The Labute approximate surface area is 177 Å². The van der Waals surface area contributed by atoms with Crippen LogP contribution in [-0.4, -0.2) is 27.7 Å². The van der Waals surface area contributed by atoms with E-state index >= 15 is 0 Å². The van der Waals surface area contributed by atoms with Gasteiger partial charge in [0.1, 0.15) is 5.60 Å². The van der Waals surface area contributed by atoms with E-state index in [1.807, 2.05) is 6.08 Å². The molecule has 4 aliphatic carbocycles. The Hall–Kier alpha value is -1.10. The van der Waals surface area contributed by atoms with Crippen LogP contribution < -0.4 is 0 Å². The van der Waals surface area contributed by atoms with Crippen molar-refractivity contribution in [2.24, 2.45) is 28.6 Å². The van der Waals surface area contributed by atoms with Crippen molar-refractivity contribution < 1.29 is 19.1 Å². The van der Waals surface area contributed by atoms with Gasteiger partial charge in [-0.15, -0.1) is 0 Å². The third kappa shape index (κ3) is 2.68. The molecule has 0 amide bonds. The largest absolute Gasteiger partial charge is 0.458 e. The van der Waals surface area contributed by atoms with E-state index in [1.54, 1.807) is 6.92 Å². The van der Waals surface area contributed by atoms with Crippen molar-refractivity contribution in [1.82, 2.24) is 0 Å². The number of hydrogen-bond donors (Lipinski definition) is 0. The van der Waals surface area contributed by atoms with E-state index in [2.05, 4.69) is 13.8 Å². The van der Waals surface area contributed by atoms with Crippen molar-refractivity contribution in [2.45, 2.75) is 89.4 Å². The SMILES string of the molecule is CC(=O)S[C@@H]1CC2=CC(=O)CC[C@]2(C)[C@@H]2CC[C@@]3(C)[C@@H](CC[C@]34CCC(=O)O4)[C@@H]21. The summed E-state index contributed by atoms with van der Waals surface area (Å²) in [5.41, 5.74) is 1.09. The molecule has 0 aromatic rings. The van der Waals surface area contributed by atoms with Crippen molar-refractivity contribution in [3.63, 3.8) is 0 Å². The lowest BCUT2D eigenvalue weighted by Gasteiger charge is -2.61. The molecule has 1 saturated heterocycles. The maximum absolute atomic E-state index is 12.2. The van der Waals surface area contributed by atoms with Gasteiger partial charge in [-0.05, 0) is 74.2 Å². The second kappa shape index (κ2) is 6.45. The van der Waals surface area contributed by atoms with Crippen molar-refractivity contribution in [3.05, 3.63) is 11.6 Å². The first-order chi connectivity index (χ1) is 13.7. The Morgan fingerprint density at radius 1 is 1.07 bits per heavy atom. The van der Waals surface area contributed by atoms with Gasteiger partial charge in [0.05, 0.1) is 0 Å². The maximum atomic E-state index is 12.2. The number of rotatable bonds is 1. The molecule has 4 nitrogen and oxygen atoms in total. The lowest BCUT2D eigenvalue weighted by Crippen LogP contribution is -2.57. The summed E-state index contributed by atoms with van der Waals surface area (Å²) < 4.78 is 6.06. The van der Waals surface area contributed by atoms with Gasteiger partial charge in [0.2, 0.25) is 0 Å². The van der Waals surface area contributed by atoms with E-state index < -0.39 is 0 Å². The molecule has 3 saturated carbocycles. The molecule has 5 aliphatic rings. The predicted molar refractivity (Wildman–Crippen MR) is 112 cm³/mol. The summed E-state index contributed by atoms with van der Waals surface area (Å²) in [6.45, 7) is 6.42. The number of fused-ring (bicyclic) bond motifs is 6. The average molecular weight is 417 g/mol. The summed E-state index contributed by atoms with van der Waals surface area (Å²) in [5.74, 6) is 1.67. The third-order valence-electron chi connectivity index (χ3n) is 9.61. The molecule has 158 valence electrons. The fourth-order valence-corrected chi connectivity index (χ4v) is 9.36. The monoisotopic (exact) mass is 416 g/mol. The van der Waals surface area contributed by atoms with E-state index in [0.29, 0.717) is 30.6 Å². The standard InChI is InChI=1S/C24H32O4S/c1-14(25)29-19-13-15-12-16(26)4-8-22(15,2)17-5-9-23(3)18(21(17)19)6-10-24(23)11-7-20(27)28-24/h12,17-19,21H,4-11,13H2,1-3H3/t17-,18+,19-,21-,22+,23+,24+/m1/s1. The van der Waals surface area contributed by atoms with Gasteiger partial charge in [-0.25, -0.2) is 0 Å². The molecule has 1 heterocycles. The number of thioether (sulfide) groups is 1. The first-order valence-corrected chi connectivity index (χ1v) is 12.2. The molecule has 29 heavy (non-hydrogen) atoms. The molecule has 7 atom stereocenters. The van der Waals surface area contributed by atoms with Crippen molar-refractivity contribution in [2.75, 3.05) is 0 Å². The molecule has 1 aliphatic heterocycles. The van der Waals surface area contributed by atoms with Crippen LogP contribution >= 0.6 is 11.8 Å². The summed E-state index contributed by atoms with van der Waals surface area (Å²) in [6, 6.07) is 0. The van der Waals surface area contributed by atoms with Crippen molar-refractivity contribution in [1.29, 1.82) is 0 Å². The van der Waals surface area contributed by atoms with Crippen LogP contribution in [0.4, 0.5) is 0 Å². The lowest BCUT2D eigenvalue weighted by molar-refractivity contribution is -0.167. The van der Waals surface area contributed by atoms with Crippen LogP contribution in [0.2, 0.25) is 0 Å². The van der Waals surface area contributed by atoms with Gasteiger partial charge < -0.3 is 4.74 Å². The van der Waals surface area contributed by atoms with Crippen molar-refractivity contribution >= 4 is 28.6 Å². The molecule has 0 aromatic heterocycles. The highest BCUT2D eigenvalue weighted by Crippen LogP contribution is 2.70. The molecule has 0 unspecified atom stereocenters. The van der Waals surface area contributed by atoms with Crippen molar-refractivity contribution in [3.8, 4) is 0 Å². The number of ketones is 1. The quantitative estimate of drug-likeness (QED) is 0.572.